The minimum Gasteiger partial charge on any atom is -0.393 e. The second-order valence-corrected chi connectivity index (χ2v) is 9.22. The lowest BCUT2D eigenvalue weighted by Gasteiger charge is -2.60. The van der Waals surface area contributed by atoms with E-state index in [0.717, 1.165) is 42.9 Å². The summed E-state index contributed by atoms with van der Waals surface area (Å²) in [6.07, 6.45) is 10.7. The van der Waals surface area contributed by atoms with Crippen molar-refractivity contribution >= 4 is 0 Å². The fraction of sp³-hybridized carbons (Fsp3) is 1.00. The predicted octanol–water partition coefficient (Wildman–Crippen LogP) is 3.75. The van der Waals surface area contributed by atoms with Gasteiger partial charge in [0.05, 0.1) is 12.2 Å². The van der Waals surface area contributed by atoms with Gasteiger partial charge in [0.25, 0.3) is 0 Å². The topological polar surface area (TPSA) is 40.5 Å². The molecule has 120 valence electrons. The zero-order valence-corrected chi connectivity index (χ0v) is 13.7. The molecule has 0 saturated heterocycles. The molecule has 4 fully saturated rings. The molecule has 0 aromatic heterocycles. The molecular formula is C19H32O2. The van der Waals surface area contributed by atoms with Gasteiger partial charge in [0.15, 0.2) is 0 Å². The van der Waals surface area contributed by atoms with Gasteiger partial charge in [-0.15, -0.1) is 0 Å². The van der Waals surface area contributed by atoms with Crippen LogP contribution in [0.3, 0.4) is 0 Å². The van der Waals surface area contributed by atoms with Crippen LogP contribution in [0.15, 0.2) is 0 Å². The summed E-state index contributed by atoms with van der Waals surface area (Å²) in [7, 11) is 0. The van der Waals surface area contributed by atoms with Crippen molar-refractivity contribution in [2.45, 2.75) is 83.8 Å². The van der Waals surface area contributed by atoms with Gasteiger partial charge in [-0.3, -0.25) is 0 Å². The largest absolute Gasteiger partial charge is 0.393 e. The van der Waals surface area contributed by atoms with E-state index in [1.165, 1.54) is 38.5 Å². The van der Waals surface area contributed by atoms with E-state index in [1.807, 2.05) is 0 Å². The highest BCUT2D eigenvalue weighted by Crippen LogP contribution is 2.66. The lowest BCUT2D eigenvalue weighted by Crippen LogP contribution is -2.54. The van der Waals surface area contributed by atoms with E-state index < -0.39 is 0 Å². The highest BCUT2D eigenvalue weighted by atomic mass is 16.3. The summed E-state index contributed by atoms with van der Waals surface area (Å²) in [6, 6.07) is 0. The standard InChI is InChI=1S/C19H32O2/c1-18-9-7-13(20)11-12(18)3-4-14-15-5-6-17(21)19(15,2)10-8-16(14)18/h12-17,20-21H,3-11H2,1-2H3/t12-,13?,14+,15+,16+,17+,18+,19+/m1/s1. The minimum atomic E-state index is -0.0536. The van der Waals surface area contributed by atoms with Crippen molar-refractivity contribution in [3.63, 3.8) is 0 Å². The van der Waals surface area contributed by atoms with E-state index in [1.54, 1.807) is 0 Å². The van der Waals surface area contributed by atoms with Crippen LogP contribution in [0.2, 0.25) is 0 Å². The minimum absolute atomic E-state index is 0.0400. The Labute approximate surface area is 129 Å². The van der Waals surface area contributed by atoms with Gasteiger partial charge in [-0.25, -0.2) is 0 Å². The average Bonchev–Trinajstić information content (AvgIpc) is 2.76. The molecule has 0 aromatic rings. The van der Waals surface area contributed by atoms with Crippen LogP contribution in [0, 0.1) is 34.5 Å². The molecule has 4 aliphatic rings. The highest BCUT2D eigenvalue weighted by molar-refractivity contribution is 5.09. The van der Waals surface area contributed by atoms with Crippen LogP contribution in [0.4, 0.5) is 0 Å². The van der Waals surface area contributed by atoms with Crippen molar-refractivity contribution in [3.05, 3.63) is 0 Å². The van der Waals surface area contributed by atoms with E-state index in [9.17, 15) is 10.2 Å². The summed E-state index contributed by atoms with van der Waals surface area (Å²) >= 11 is 0. The predicted molar refractivity (Wildman–Crippen MR) is 83.7 cm³/mol. The number of aliphatic hydroxyl groups is 2. The van der Waals surface area contributed by atoms with Gasteiger partial charge in [0.2, 0.25) is 0 Å². The third-order valence-electron chi connectivity index (χ3n) is 8.59. The molecule has 4 saturated carbocycles. The van der Waals surface area contributed by atoms with Crippen molar-refractivity contribution in [2.75, 3.05) is 0 Å². The Bertz CT molecular complexity index is 422. The summed E-state index contributed by atoms with van der Waals surface area (Å²) in [5.41, 5.74) is 0.676. The number of aliphatic hydroxyl groups excluding tert-OH is 2. The second kappa shape index (κ2) is 4.71. The molecule has 0 amide bonds. The molecule has 0 heterocycles. The molecule has 1 unspecified atom stereocenters. The molecule has 2 N–H and O–H groups in total. The molecule has 21 heavy (non-hydrogen) atoms. The normalized spacial score (nSPS) is 60.0. The van der Waals surface area contributed by atoms with Gasteiger partial charge in [0.1, 0.15) is 0 Å². The smallest absolute Gasteiger partial charge is 0.0596 e. The van der Waals surface area contributed by atoms with Gasteiger partial charge < -0.3 is 10.2 Å². The molecule has 0 aromatic carbocycles. The third-order valence-corrected chi connectivity index (χ3v) is 8.59. The molecule has 8 atom stereocenters. The Balaban J connectivity index is 1.62. The van der Waals surface area contributed by atoms with Crippen LogP contribution in [-0.2, 0) is 0 Å². The first kappa shape index (κ1) is 14.5. The summed E-state index contributed by atoms with van der Waals surface area (Å²) in [6.45, 7) is 4.90. The average molecular weight is 292 g/mol. The van der Waals surface area contributed by atoms with Crippen molar-refractivity contribution < 1.29 is 10.2 Å². The van der Waals surface area contributed by atoms with Crippen LogP contribution in [0.1, 0.15) is 71.6 Å². The molecular weight excluding hydrogens is 260 g/mol. The zero-order chi connectivity index (χ0) is 14.8. The first-order valence-corrected chi connectivity index (χ1v) is 9.31. The van der Waals surface area contributed by atoms with E-state index in [0.29, 0.717) is 5.41 Å². The highest BCUT2D eigenvalue weighted by Gasteiger charge is 2.59. The summed E-state index contributed by atoms with van der Waals surface area (Å²) in [4.78, 5) is 0. The molecule has 0 radical (unpaired) electrons. The maximum Gasteiger partial charge on any atom is 0.0596 e. The molecule has 0 aliphatic heterocycles. The maximum atomic E-state index is 10.5. The van der Waals surface area contributed by atoms with Crippen molar-refractivity contribution in [2.24, 2.45) is 34.5 Å². The molecule has 0 bridgehead atoms. The fourth-order valence-electron chi connectivity index (χ4n) is 7.21. The molecule has 4 rings (SSSR count). The number of hydrogen-bond acceptors (Lipinski definition) is 2. The molecule has 4 aliphatic carbocycles. The molecule has 2 nitrogen and oxygen atoms in total. The fourth-order valence-corrected chi connectivity index (χ4v) is 7.21. The zero-order valence-electron chi connectivity index (χ0n) is 13.7. The van der Waals surface area contributed by atoms with Crippen molar-refractivity contribution in [3.8, 4) is 0 Å². The van der Waals surface area contributed by atoms with Crippen LogP contribution in [0.5, 0.6) is 0 Å². The quantitative estimate of drug-likeness (QED) is 0.714. The van der Waals surface area contributed by atoms with Gasteiger partial charge in [0, 0.05) is 0 Å². The van der Waals surface area contributed by atoms with Crippen LogP contribution in [0.25, 0.3) is 0 Å². The Morgan fingerprint density at radius 1 is 0.762 bits per heavy atom. The van der Waals surface area contributed by atoms with Crippen LogP contribution < -0.4 is 0 Å². The SMILES string of the molecule is C[C@]12CCC(O)C[C@H]1CC[C@@H]1[C@@H]2CC[C@]2(C)[C@@H](O)CC[C@@H]12. The second-order valence-electron chi connectivity index (χ2n) is 9.22. The van der Waals surface area contributed by atoms with Crippen molar-refractivity contribution in [1.29, 1.82) is 0 Å². The van der Waals surface area contributed by atoms with Gasteiger partial charge in [-0.05, 0) is 92.3 Å². The third kappa shape index (κ3) is 1.91. The summed E-state index contributed by atoms with van der Waals surface area (Å²) < 4.78 is 0. The monoisotopic (exact) mass is 292 g/mol. The van der Waals surface area contributed by atoms with Gasteiger partial charge in [-0.2, -0.15) is 0 Å². The Morgan fingerprint density at radius 2 is 1.48 bits per heavy atom. The summed E-state index contributed by atoms with van der Waals surface area (Å²) in [5.74, 6) is 3.21. The maximum absolute atomic E-state index is 10.5. The first-order chi connectivity index (χ1) is 9.95. The molecule has 2 heteroatoms. The first-order valence-electron chi connectivity index (χ1n) is 9.31. The van der Waals surface area contributed by atoms with Crippen LogP contribution in [-0.4, -0.2) is 22.4 Å². The van der Waals surface area contributed by atoms with Gasteiger partial charge in [-0.1, -0.05) is 13.8 Å². The Kier molecular flexibility index (Phi) is 3.25. The lowest BCUT2D eigenvalue weighted by molar-refractivity contribution is -0.133. The van der Waals surface area contributed by atoms with Crippen molar-refractivity contribution in [1.82, 2.24) is 0 Å². The lowest BCUT2D eigenvalue weighted by atomic mass is 9.45. The van der Waals surface area contributed by atoms with Crippen LogP contribution >= 0.6 is 0 Å². The number of rotatable bonds is 0. The van der Waals surface area contributed by atoms with E-state index in [-0.39, 0.29) is 17.6 Å². The van der Waals surface area contributed by atoms with E-state index in [4.69, 9.17) is 0 Å². The number of fused-ring (bicyclic) bond motifs is 5. The number of hydrogen-bond donors (Lipinski definition) is 2. The summed E-state index contributed by atoms with van der Waals surface area (Å²) in [5, 5.41) is 20.5. The van der Waals surface area contributed by atoms with E-state index in [2.05, 4.69) is 13.8 Å². The van der Waals surface area contributed by atoms with Gasteiger partial charge >= 0.3 is 0 Å². The molecule has 0 spiro atoms. The van der Waals surface area contributed by atoms with E-state index >= 15 is 0 Å². The Hall–Kier alpha value is -0.0800. The Morgan fingerprint density at radius 3 is 2.29 bits per heavy atom.